The van der Waals surface area contributed by atoms with Gasteiger partial charge in [-0.05, 0) is 104 Å². The van der Waals surface area contributed by atoms with Crippen molar-refractivity contribution >= 4 is 12.3 Å². The summed E-state index contributed by atoms with van der Waals surface area (Å²) in [6, 6.07) is 20.1. The number of methoxy groups -OCH3 is 2. The summed E-state index contributed by atoms with van der Waals surface area (Å²) in [6.07, 6.45) is -33.0. The molecule has 3 aliphatic heterocycles. The van der Waals surface area contributed by atoms with Crippen LogP contribution in [0.2, 0.25) is 0 Å². The molecule has 6 aromatic rings. The van der Waals surface area contributed by atoms with E-state index in [9.17, 15) is 100 Å². The quantitative estimate of drug-likeness (QED) is 0.0215. The van der Waals surface area contributed by atoms with Crippen molar-refractivity contribution in [3.05, 3.63) is 140 Å². The Morgan fingerprint density at radius 1 is 0.396 bits per heavy atom. The number of carbonyl (C=O) groups is 2. The lowest BCUT2D eigenvalue weighted by Gasteiger charge is -2.39. The standard InChI is InChI=1S/C26H33F3N2O8.C25H31F3N2O8.C23H29F3N2O6/c1-3-14-8-10-15(11-9-14)12-17-22(26(27,28)29)31(16-6-4-5-7-16)30-23(17)39-24-21(34)20(33)19(32)18(38-24)13-37-25(35)36-2;1-3-13-7-9-14(10-8-13)11-16-21(25(26,27)28)30(15-5-4-6-15)29-22(16)38-23-20(33)19(32)18(31)17(37-23)12-36-24(34)35-2;1-2-12-6-8-13(9-7-12)10-15-20(23(24,25)26)28(14-4-3-5-14)27-21(15)34-22-19(32)18(31)17(30)16(11-29)33-22/h8-11,16,18-21,24,32-34H,3-7,12-13H2,1-2H3;7-10,15,17-20,23,31-33H,3-6,11-12H2,1-2H3;6-9,14,16-19,22,29-32H,2-5,10-11H2,1H3. The number of ether oxygens (including phenoxy) is 10. The van der Waals surface area contributed by atoms with Gasteiger partial charge in [0.05, 0.1) is 55.6 Å². The summed E-state index contributed by atoms with van der Waals surface area (Å²) in [5.41, 5.74) is 1.40. The molecule has 3 aromatic carbocycles. The molecule has 6 aliphatic rings. The first kappa shape index (κ1) is 85.5. The Kier molecular flexibility index (Phi) is 28.4. The molecule has 0 amide bonds. The molecule has 3 aliphatic carbocycles. The van der Waals surface area contributed by atoms with Crippen molar-refractivity contribution in [2.75, 3.05) is 34.0 Å². The highest BCUT2D eigenvalue weighted by atomic mass is 19.4. The predicted octanol–water partition coefficient (Wildman–Crippen LogP) is 7.85. The molecular formula is C74H93F9N6O22. The normalized spacial score (nSPS) is 26.6. The molecule has 15 atom stereocenters. The first-order chi connectivity index (χ1) is 52.7. The van der Waals surface area contributed by atoms with Crippen molar-refractivity contribution < 1.29 is 148 Å². The highest BCUT2D eigenvalue weighted by Gasteiger charge is 2.52. The van der Waals surface area contributed by atoms with Gasteiger partial charge < -0.3 is 98.4 Å². The van der Waals surface area contributed by atoms with E-state index in [-0.39, 0.29) is 41.8 Å². The molecule has 28 nitrogen and oxygen atoms in total. The molecule has 111 heavy (non-hydrogen) atoms. The minimum absolute atomic E-state index is 0.127. The predicted molar refractivity (Wildman–Crippen MR) is 367 cm³/mol. The molecule has 10 N–H and O–H groups in total. The highest BCUT2D eigenvalue weighted by molar-refractivity contribution is 5.60. The first-order valence-electron chi connectivity index (χ1n) is 36.6. The average molecular weight is 1590 g/mol. The van der Waals surface area contributed by atoms with Gasteiger partial charge in [-0.1, -0.05) is 106 Å². The average Bonchev–Trinajstić information content (AvgIpc) is 1.62. The summed E-state index contributed by atoms with van der Waals surface area (Å²) in [4.78, 5) is 22.7. The smallest absolute Gasteiger partial charge is 0.443 e. The van der Waals surface area contributed by atoms with Crippen LogP contribution in [0.4, 0.5) is 49.1 Å². The van der Waals surface area contributed by atoms with Crippen LogP contribution >= 0.6 is 0 Å². The monoisotopic (exact) mass is 1590 g/mol. The zero-order valence-electron chi connectivity index (χ0n) is 61.2. The molecule has 0 bridgehead atoms. The van der Waals surface area contributed by atoms with Crippen molar-refractivity contribution in [3.8, 4) is 17.6 Å². The van der Waals surface area contributed by atoms with Crippen LogP contribution in [-0.4, -0.2) is 219 Å². The Bertz CT molecular complexity index is 4000. The van der Waals surface area contributed by atoms with E-state index in [4.69, 9.17) is 37.9 Å². The van der Waals surface area contributed by atoms with E-state index in [0.717, 1.165) is 89.9 Å². The number of carbonyl (C=O) groups excluding carboxylic acids is 2. The van der Waals surface area contributed by atoms with Gasteiger partial charge in [0, 0.05) is 19.3 Å². The highest BCUT2D eigenvalue weighted by Crippen LogP contribution is 2.47. The van der Waals surface area contributed by atoms with E-state index in [2.05, 4.69) is 24.8 Å². The Morgan fingerprint density at radius 3 is 0.883 bits per heavy atom. The van der Waals surface area contributed by atoms with E-state index in [1.807, 2.05) is 57.2 Å². The summed E-state index contributed by atoms with van der Waals surface area (Å²) in [6.45, 7) is 4.09. The largest absolute Gasteiger partial charge is 0.508 e. The fourth-order valence-corrected chi connectivity index (χ4v) is 13.7. The molecule has 12 rings (SSSR count). The lowest BCUT2D eigenvalue weighted by molar-refractivity contribution is -0.278. The van der Waals surface area contributed by atoms with Crippen molar-refractivity contribution in [2.24, 2.45) is 0 Å². The van der Waals surface area contributed by atoms with Crippen molar-refractivity contribution in [3.63, 3.8) is 0 Å². The SMILES string of the molecule is CCc1ccc(Cc2c(OC3OC(CO)C(O)C(O)C3O)nn(C3CCC3)c2C(F)(F)F)cc1.CCc1ccc(Cc2c(OC3OC(COC(=O)OC)C(O)C(O)C3O)nn(C3CCC3)c2C(F)(F)F)cc1.CCc1ccc(Cc2c(OC3OC(COC(=O)OC)C(O)C(O)C3O)nn(C3CCCC3)c2C(F)(F)F)cc1. The number of nitrogens with zero attached hydrogens (tertiary/aromatic N) is 6. The fourth-order valence-electron chi connectivity index (χ4n) is 13.7. The van der Waals surface area contributed by atoms with E-state index >= 15 is 0 Å². The summed E-state index contributed by atoms with van der Waals surface area (Å²) in [7, 11) is 2.14. The lowest BCUT2D eigenvalue weighted by atomic mass is 9.93. The number of aromatic nitrogens is 6. The van der Waals surface area contributed by atoms with Crippen molar-refractivity contribution in [2.45, 2.75) is 252 Å². The number of alkyl halides is 9. The van der Waals surface area contributed by atoms with Crippen LogP contribution in [0.25, 0.3) is 0 Å². The van der Waals surface area contributed by atoms with E-state index in [1.165, 1.54) is 0 Å². The number of hydrogen-bond acceptors (Lipinski definition) is 25. The van der Waals surface area contributed by atoms with E-state index < -0.39 is 190 Å². The Balaban J connectivity index is 0.000000177. The second-order valence-corrected chi connectivity index (χ2v) is 28.0. The molecule has 3 saturated carbocycles. The number of aryl methyl sites for hydroxylation is 3. The second-order valence-electron chi connectivity index (χ2n) is 28.0. The molecule has 6 heterocycles. The number of halogens is 9. The molecule has 0 radical (unpaired) electrons. The van der Waals surface area contributed by atoms with Gasteiger partial charge in [0.15, 0.2) is 0 Å². The maximum atomic E-state index is 14.5. The van der Waals surface area contributed by atoms with Crippen molar-refractivity contribution in [1.82, 2.24) is 29.3 Å². The van der Waals surface area contributed by atoms with Crippen LogP contribution in [-0.2, 0) is 90.2 Å². The van der Waals surface area contributed by atoms with Gasteiger partial charge in [-0.2, -0.15) is 39.5 Å². The number of hydrogen-bond donors (Lipinski definition) is 10. The maximum absolute atomic E-state index is 14.5. The molecule has 3 aromatic heterocycles. The van der Waals surface area contributed by atoms with E-state index in [0.29, 0.717) is 55.2 Å². The van der Waals surface area contributed by atoms with Gasteiger partial charge in [-0.25, -0.2) is 9.59 Å². The zero-order valence-corrected chi connectivity index (χ0v) is 61.2. The van der Waals surface area contributed by atoms with Gasteiger partial charge in [-0.15, -0.1) is 15.3 Å². The van der Waals surface area contributed by atoms with Gasteiger partial charge >= 0.3 is 30.8 Å². The minimum atomic E-state index is -4.76. The summed E-state index contributed by atoms with van der Waals surface area (Å²) in [5.74, 6) is -1.19. The molecule has 614 valence electrons. The minimum Gasteiger partial charge on any atom is -0.443 e. The Hall–Kier alpha value is -7.92. The van der Waals surface area contributed by atoms with Gasteiger partial charge in [0.1, 0.15) is 104 Å². The molecule has 37 heteroatoms. The number of benzene rings is 3. The summed E-state index contributed by atoms with van der Waals surface area (Å²) in [5, 5.41) is 115. The summed E-state index contributed by atoms with van der Waals surface area (Å²) < 4.78 is 184. The second kappa shape index (κ2) is 36.9. The third-order valence-corrected chi connectivity index (χ3v) is 20.6. The van der Waals surface area contributed by atoms with Crippen LogP contribution in [0.3, 0.4) is 0 Å². The lowest BCUT2D eigenvalue weighted by Crippen LogP contribution is -2.60. The molecule has 0 spiro atoms. The van der Waals surface area contributed by atoms with Crippen molar-refractivity contribution in [1.29, 1.82) is 0 Å². The van der Waals surface area contributed by atoms with Crippen LogP contribution in [0.1, 0.15) is 170 Å². The molecular weight excluding hydrogens is 1500 g/mol. The fraction of sp³-hybridized carbons (Fsp3) is 0.608. The Labute approximate surface area is 631 Å². The summed E-state index contributed by atoms with van der Waals surface area (Å²) >= 11 is 0. The van der Waals surface area contributed by atoms with Gasteiger partial charge in [0.25, 0.3) is 0 Å². The first-order valence-corrected chi connectivity index (χ1v) is 36.6. The Morgan fingerprint density at radius 2 is 0.649 bits per heavy atom. The number of aliphatic hydroxyl groups excluding tert-OH is 10. The number of rotatable bonds is 23. The third kappa shape index (κ3) is 20.2. The van der Waals surface area contributed by atoms with E-state index in [1.54, 1.807) is 36.4 Å². The van der Waals surface area contributed by atoms with Crippen LogP contribution in [0.5, 0.6) is 17.6 Å². The molecule has 3 saturated heterocycles. The molecule has 15 unspecified atom stereocenters. The maximum Gasteiger partial charge on any atom is 0.508 e. The molecule has 6 fully saturated rings. The topological polar surface area (TPSA) is 382 Å². The van der Waals surface area contributed by atoms with Crippen LogP contribution in [0, 0.1) is 0 Å². The number of aliphatic hydroxyl groups is 10. The van der Waals surface area contributed by atoms with Crippen LogP contribution in [0.15, 0.2) is 72.8 Å². The van der Waals surface area contributed by atoms with Crippen LogP contribution < -0.4 is 14.2 Å². The zero-order chi connectivity index (χ0) is 80.6. The third-order valence-electron chi connectivity index (χ3n) is 20.6. The van der Waals surface area contributed by atoms with Gasteiger partial charge in [0.2, 0.25) is 36.5 Å². The van der Waals surface area contributed by atoms with Gasteiger partial charge in [-0.3, -0.25) is 14.0 Å².